The molecule has 0 amide bonds. The van der Waals surface area contributed by atoms with Crippen molar-refractivity contribution in [3.8, 4) is 22.8 Å². The molecule has 0 fully saturated rings. The summed E-state index contributed by atoms with van der Waals surface area (Å²) in [4.78, 5) is 8.58. The van der Waals surface area contributed by atoms with Gasteiger partial charge in [-0.25, -0.2) is 9.98 Å². The highest BCUT2D eigenvalue weighted by atomic mass is 16.5. The summed E-state index contributed by atoms with van der Waals surface area (Å²) in [5.74, 6) is 0.662. The number of benzene rings is 2. The highest BCUT2D eigenvalue weighted by molar-refractivity contribution is 6.05. The van der Waals surface area contributed by atoms with Gasteiger partial charge in [0.25, 0.3) is 5.95 Å². The van der Waals surface area contributed by atoms with Crippen molar-refractivity contribution in [2.75, 3.05) is 14.2 Å². The number of H-pyrrole nitrogens is 1. The molecular formula is C19H15N6O3-. The van der Waals surface area contributed by atoms with E-state index in [1.807, 2.05) is 30.3 Å². The van der Waals surface area contributed by atoms with E-state index in [9.17, 15) is 5.11 Å². The third kappa shape index (κ3) is 3.20. The molecule has 2 aromatic carbocycles. The second kappa shape index (κ2) is 7.31. The highest BCUT2D eigenvalue weighted by Crippen LogP contribution is 2.33. The Bertz CT molecular complexity index is 1160. The summed E-state index contributed by atoms with van der Waals surface area (Å²) >= 11 is 0. The summed E-state index contributed by atoms with van der Waals surface area (Å²) in [5, 5.41) is 26.5. The quantitative estimate of drug-likeness (QED) is 0.417. The van der Waals surface area contributed by atoms with Crippen molar-refractivity contribution in [1.82, 2.24) is 25.6 Å². The topological polar surface area (TPSA) is 121 Å². The lowest BCUT2D eigenvalue weighted by Gasteiger charge is -2.15. The Hall–Kier alpha value is -4.01. The van der Waals surface area contributed by atoms with Crippen LogP contribution in [0.1, 0.15) is 5.56 Å². The van der Waals surface area contributed by atoms with Gasteiger partial charge in [-0.05, 0) is 47.0 Å². The van der Waals surface area contributed by atoms with Gasteiger partial charge in [0, 0.05) is 10.9 Å². The molecule has 2 heterocycles. The van der Waals surface area contributed by atoms with Gasteiger partial charge in [0.1, 0.15) is 0 Å². The standard InChI is InChI=1S/C19H16N6O3/c1-27-16-8-7-11(9-17(16)28-2)15-10-13(12-5-3-4-6-14(12)20-15)18(26)21-19-22-24-25-23-19/h3-10H,1-2H3,(H2,21,22,23,24,25,26)/p-1. The molecule has 0 bridgehead atoms. The van der Waals surface area contributed by atoms with Crippen LogP contribution in [0, 0.1) is 0 Å². The maximum absolute atomic E-state index is 12.8. The van der Waals surface area contributed by atoms with Crippen LogP contribution in [0.4, 0.5) is 5.95 Å². The fourth-order valence-electron chi connectivity index (χ4n) is 2.85. The van der Waals surface area contributed by atoms with Crippen molar-refractivity contribution in [3.63, 3.8) is 0 Å². The van der Waals surface area contributed by atoms with Gasteiger partial charge in [0.2, 0.25) is 0 Å². The molecule has 0 aliphatic carbocycles. The normalized spacial score (nSPS) is 11.6. The number of fused-ring (bicyclic) bond motifs is 1. The predicted octanol–water partition coefficient (Wildman–Crippen LogP) is 1.87. The molecule has 140 valence electrons. The minimum absolute atomic E-state index is 0.0291. The maximum atomic E-state index is 12.8. The summed E-state index contributed by atoms with van der Waals surface area (Å²) < 4.78 is 10.6. The molecule has 0 radical (unpaired) electrons. The van der Waals surface area contributed by atoms with Gasteiger partial charge < -0.3 is 14.6 Å². The van der Waals surface area contributed by atoms with Gasteiger partial charge in [-0.2, -0.15) is 5.21 Å². The molecule has 0 saturated carbocycles. The second-order valence-corrected chi connectivity index (χ2v) is 5.77. The number of pyridine rings is 1. The van der Waals surface area contributed by atoms with Crippen LogP contribution in [0.15, 0.2) is 53.5 Å². The fraction of sp³-hybridized carbons (Fsp3) is 0.105. The average Bonchev–Trinajstić information content (AvgIpc) is 3.25. The third-order valence-corrected chi connectivity index (χ3v) is 4.16. The lowest BCUT2D eigenvalue weighted by atomic mass is 10.0. The summed E-state index contributed by atoms with van der Waals surface area (Å²) in [7, 11) is 3.14. The van der Waals surface area contributed by atoms with Crippen molar-refractivity contribution in [1.29, 1.82) is 0 Å². The number of para-hydroxylation sites is 1. The van der Waals surface area contributed by atoms with Gasteiger partial charge in [-0.1, -0.05) is 23.3 Å². The Morgan fingerprint density at radius 2 is 1.86 bits per heavy atom. The lowest BCUT2D eigenvalue weighted by Crippen LogP contribution is -2.19. The average molecular weight is 375 g/mol. The molecule has 4 rings (SSSR count). The molecule has 2 aromatic heterocycles. The van der Waals surface area contributed by atoms with E-state index in [1.165, 1.54) is 0 Å². The van der Waals surface area contributed by atoms with E-state index in [2.05, 4.69) is 30.6 Å². The SMILES string of the molecule is COc1ccc(-c2cc(C([O-])=Nc3nn[nH]n3)c3ccccc3n2)cc1OC. The van der Waals surface area contributed by atoms with Crippen LogP contribution >= 0.6 is 0 Å². The molecule has 0 aliphatic rings. The molecule has 4 aromatic rings. The van der Waals surface area contributed by atoms with E-state index in [0.29, 0.717) is 33.7 Å². The van der Waals surface area contributed by atoms with E-state index in [0.717, 1.165) is 5.56 Å². The molecule has 9 nitrogen and oxygen atoms in total. The minimum Gasteiger partial charge on any atom is -0.858 e. The molecule has 0 unspecified atom stereocenters. The van der Waals surface area contributed by atoms with Crippen LogP contribution in [0.3, 0.4) is 0 Å². The first kappa shape index (κ1) is 17.4. The largest absolute Gasteiger partial charge is 0.858 e. The van der Waals surface area contributed by atoms with Gasteiger partial charge in [-0.15, -0.1) is 5.10 Å². The summed E-state index contributed by atoms with van der Waals surface area (Å²) in [6.45, 7) is 0. The first-order valence-electron chi connectivity index (χ1n) is 8.31. The maximum Gasteiger partial charge on any atom is 0.288 e. The Morgan fingerprint density at radius 3 is 2.61 bits per heavy atom. The fourth-order valence-corrected chi connectivity index (χ4v) is 2.85. The number of aromatic amines is 1. The van der Waals surface area contributed by atoms with Crippen molar-refractivity contribution in [2.45, 2.75) is 0 Å². The van der Waals surface area contributed by atoms with E-state index >= 15 is 0 Å². The first-order valence-corrected chi connectivity index (χ1v) is 8.31. The Labute approximate surface area is 159 Å². The Kier molecular flexibility index (Phi) is 4.55. The Balaban J connectivity index is 1.89. The zero-order valence-corrected chi connectivity index (χ0v) is 15.1. The smallest absolute Gasteiger partial charge is 0.288 e. The third-order valence-electron chi connectivity index (χ3n) is 4.16. The number of nitrogens with one attached hydrogen (secondary N) is 1. The molecule has 0 aliphatic heterocycles. The van der Waals surface area contributed by atoms with Crippen LogP contribution < -0.4 is 14.6 Å². The second-order valence-electron chi connectivity index (χ2n) is 5.77. The van der Waals surface area contributed by atoms with Gasteiger partial charge >= 0.3 is 0 Å². The van der Waals surface area contributed by atoms with Gasteiger partial charge in [0.05, 0.1) is 25.4 Å². The predicted molar refractivity (Wildman–Crippen MR) is 101 cm³/mol. The monoisotopic (exact) mass is 375 g/mol. The number of rotatable bonds is 5. The summed E-state index contributed by atoms with van der Waals surface area (Å²) in [6, 6.07) is 14.5. The van der Waals surface area contributed by atoms with Gasteiger partial charge in [-0.3, -0.25) is 0 Å². The number of methoxy groups -OCH3 is 2. The molecule has 9 heteroatoms. The molecular weight excluding hydrogens is 360 g/mol. The van der Waals surface area contributed by atoms with Crippen LogP contribution in [0.2, 0.25) is 0 Å². The Morgan fingerprint density at radius 1 is 1.04 bits per heavy atom. The van der Waals surface area contributed by atoms with Crippen LogP contribution in [-0.4, -0.2) is 45.7 Å². The first-order chi connectivity index (χ1) is 13.7. The molecule has 1 N–H and O–H groups in total. The minimum atomic E-state index is -0.485. The summed E-state index contributed by atoms with van der Waals surface area (Å²) in [5.41, 5.74) is 2.44. The molecule has 0 spiro atoms. The number of nitrogens with zero attached hydrogens (tertiary/aromatic N) is 5. The highest BCUT2D eigenvalue weighted by Gasteiger charge is 2.11. The number of hydrogen-bond donors (Lipinski definition) is 1. The lowest BCUT2D eigenvalue weighted by molar-refractivity contribution is -0.212. The van der Waals surface area contributed by atoms with Crippen molar-refractivity contribution < 1.29 is 14.6 Å². The van der Waals surface area contributed by atoms with E-state index in [4.69, 9.17) is 9.47 Å². The van der Waals surface area contributed by atoms with E-state index < -0.39 is 5.90 Å². The number of ether oxygens (including phenoxy) is 2. The zero-order valence-electron chi connectivity index (χ0n) is 15.1. The van der Waals surface area contributed by atoms with Crippen molar-refractivity contribution in [3.05, 3.63) is 54.1 Å². The molecule has 28 heavy (non-hydrogen) atoms. The van der Waals surface area contributed by atoms with Crippen molar-refractivity contribution in [2.24, 2.45) is 4.99 Å². The van der Waals surface area contributed by atoms with Gasteiger partial charge in [0.15, 0.2) is 11.5 Å². The van der Waals surface area contributed by atoms with Crippen LogP contribution in [0.25, 0.3) is 22.2 Å². The zero-order chi connectivity index (χ0) is 19.5. The number of aliphatic imine (C=N–C) groups is 1. The number of aromatic nitrogens is 5. The summed E-state index contributed by atoms with van der Waals surface area (Å²) in [6.07, 6.45) is 0. The van der Waals surface area contributed by atoms with E-state index in [-0.39, 0.29) is 5.95 Å². The number of tetrazole rings is 1. The molecule has 0 atom stereocenters. The van der Waals surface area contributed by atoms with Crippen LogP contribution in [0.5, 0.6) is 11.5 Å². The van der Waals surface area contributed by atoms with E-state index in [1.54, 1.807) is 32.4 Å². The van der Waals surface area contributed by atoms with Crippen molar-refractivity contribution >= 4 is 22.7 Å². The van der Waals surface area contributed by atoms with Crippen LogP contribution in [-0.2, 0) is 0 Å². The number of hydrogen-bond acceptors (Lipinski definition) is 8. The molecule has 0 saturated heterocycles.